The van der Waals surface area contributed by atoms with E-state index >= 15 is 0 Å². The second-order valence-electron chi connectivity index (χ2n) is 4.00. The van der Waals surface area contributed by atoms with Crippen LogP contribution in [0.5, 0.6) is 0 Å². The second-order valence-corrected chi connectivity index (χ2v) is 7.95. The molecule has 14 heavy (non-hydrogen) atoms. The molecule has 1 saturated heterocycles. The Labute approximate surface area is 84.9 Å². The van der Waals surface area contributed by atoms with Gasteiger partial charge in [0.2, 0.25) is 10.0 Å². The zero-order valence-electron chi connectivity index (χ0n) is 8.23. The predicted molar refractivity (Wildman–Crippen MR) is 54.2 cm³/mol. The van der Waals surface area contributed by atoms with Gasteiger partial charge in [0.15, 0.2) is 9.84 Å². The van der Waals surface area contributed by atoms with Gasteiger partial charge in [-0.25, -0.2) is 21.6 Å². The van der Waals surface area contributed by atoms with Crippen molar-refractivity contribution >= 4 is 19.9 Å². The van der Waals surface area contributed by atoms with Crippen molar-refractivity contribution in [3.8, 4) is 0 Å². The maximum atomic E-state index is 11.3. The molecule has 0 unspecified atom stereocenters. The van der Waals surface area contributed by atoms with Crippen LogP contribution in [0.4, 0.5) is 0 Å². The summed E-state index contributed by atoms with van der Waals surface area (Å²) in [5.41, 5.74) is 0. The van der Waals surface area contributed by atoms with Gasteiger partial charge in [-0.2, -0.15) is 0 Å². The van der Waals surface area contributed by atoms with E-state index in [-0.39, 0.29) is 29.2 Å². The average Bonchev–Trinajstić information content (AvgIpc) is 1.76. The first-order valence-corrected chi connectivity index (χ1v) is 7.88. The molecule has 1 N–H and O–H groups in total. The van der Waals surface area contributed by atoms with Gasteiger partial charge in [0.25, 0.3) is 0 Å². The van der Waals surface area contributed by atoms with E-state index in [0.717, 1.165) is 0 Å². The SMILES string of the molecule is CC(C)NS(=O)(=O)CC1CS(=O)(=O)C1. The molecule has 1 heterocycles. The lowest BCUT2D eigenvalue weighted by molar-refractivity contribution is 0.527. The third-order valence-corrected chi connectivity index (χ3v) is 5.55. The van der Waals surface area contributed by atoms with Gasteiger partial charge in [0, 0.05) is 12.0 Å². The van der Waals surface area contributed by atoms with Crippen molar-refractivity contribution in [1.29, 1.82) is 0 Å². The van der Waals surface area contributed by atoms with Gasteiger partial charge in [0.05, 0.1) is 17.3 Å². The molecular weight excluding hydrogens is 226 g/mol. The molecule has 0 spiro atoms. The minimum absolute atomic E-state index is 0.00596. The molecule has 0 aromatic carbocycles. The van der Waals surface area contributed by atoms with Crippen LogP contribution < -0.4 is 4.72 Å². The molecule has 0 aliphatic carbocycles. The molecule has 5 nitrogen and oxygen atoms in total. The summed E-state index contributed by atoms with van der Waals surface area (Å²) in [6, 6.07) is -0.142. The summed E-state index contributed by atoms with van der Waals surface area (Å²) in [6.45, 7) is 3.46. The fourth-order valence-corrected chi connectivity index (χ4v) is 5.03. The highest BCUT2D eigenvalue weighted by Crippen LogP contribution is 2.19. The van der Waals surface area contributed by atoms with Crippen molar-refractivity contribution in [3.63, 3.8) is 0 Å². The zero-order chi connectivity index (χ0) is 11.0. The highest BCUT2D eigenvalue weighted by Gasteiger charge is 2.36. The van der Waals surface area contributed by atoms with Gasteiger partial charge in [-0.15, -0.1) is 0 Å². The normalized spacial score (nSPS) is 22.2. The monoisotopic (exact) mass is 241 g/mol. The van der Waals surface area contributed by atoms with Crippen LogP contribution in [0, 0.1) is 5.92 Å². The predicted octanol–water partition coefficient (Wildman–Crippen LogP) is -0.641. The minimum atomic E-state index is -3.31. The van der Waals surface area contributed by atoms with Crippen LogP contribution in [0.15, 0.2) is 0 Å². The van der Waals surface area contributed by atoms with Gasteiger partial charge >= 0.3 is 0 Å². The molecule has 1 aliphatic heterocycles. The summed E-state index contributed by atoms with van der Waals surface area (Å²) in [7, 11) is -6.23. The first-order chi connectivity index (χ1) is 6.20. The van der Waals surface area contributed by atoms with Crippen molar-refractivity contribution in [2.75, 3.05) is 17.3 Å². The number of sulfone groups is 1. The van der Waals surface area contributed by atoms with Crippen molar-refractivity contribution < 1.29 is 16.8 Å². The Bertz CT molecular complexity index is 383. The summed E-state index contributed by atoms with van der Waals surface area (Å²) in [5.74, 6) is -0.293. The van der Waals surface area contributed by atoms with E-state index < -0.39 is 19.9 Å². The number of nitrogens with one attached hydrogen (secondary N) is 1. The van der Waals surface area contributed by atoms with E-state index in [0.29, 0.717) is 0 Å². The quantitative estimate of drug-likeness (QED) is 0.710. The maximum Gasteiger partial charge on any atom is 0.212 e. The third kappa shape index (κ3) is 3.55. The van der Waals surface area contributed by atoms with Crippen LogP contribution >= 0.6 is 0 Å². The van der Waals surface area contributed by atoms with Crippen molar-refractivity contribution in [2.45, 2.75) is 19.9 Å². The Morgan fingerprint density at radius 3 is 2.21 bits per heavy atom. The summed E-state index contributed by atoms with van der Waals surface area (Å²) in [4.78, 5) is 0. The largest absolute Gasteiger partial charge is 0.229 e. The highest BCUT2D eigenvalue weighted by molar-refractivity contribution is 7.93. The molecule has 0 amide bonds. The average molecular weight is 241 g/mol. The first-order valence-electron chi connectivity index (χ1n) is 4.40. The Morgan fingerprint density at radius 2 is 1.86 bits per heavy atom. The molecule has 1 fully saturated rings. The van der Waals surface area contributed by atoms with Crippen LogP contribution in [-0.2, 0) is 19.9 Å². The molecule has 7 heteroatoms. The molecule has 0 atom stereocenters. The molecule has 84 valence electrons. The van der Waals surface area contributed by atoms with E-state index in [2.05, 4.69) is 4.72 Å². The first kappa shape index (κ1) is 11.9. The molecule has 1 aliphatic rings. The molecule has 0 bridgehead atoms. The van der Waals surface area contributed by atoms with Gasteiger partial charge in [-0.05, 0) is 13.8 Å². The van der Waals surface area contributed by atoms with Crippen LogP contribution in [0.2, 0.25) is 0 Å². The number of rotatable bonds is 4. The lowest BCUT2D eigenvalue weighted by atomic mass is 10.2. The van der Waals surface area contributed by atoms with Crippen molar-refractivity contribution in [1.82, 2.24) is 4.72 Å². The van der Waals surface area contributed by atoms with Crippen LogP contribution in [-0.4, -0.2) is 40.1 Å². The maximum absolute atomic E-state index is 11.3. The van der Waals surface area contributed by atoms with E-state index in [1.807, 2.05) is 0 Å². The summed E-state index contributed by atoms with van der Waals surface area (Å²) >= 11 is 0. The molecule has 0 aromatic heterocycles. The summed E-state index contributed by atoms with van der Waals surface area (Å²) in [6.07, 6.45) is 0. The highest BCUT2D eigenvalue weighted by atomic mass is 32.2. The summed E-state index contributed by atoms with van der Waals surface area (Å²) < 4.78 is 46.7. The summed E-state index contributed by atoms with van der Waals surface area (Å²) in [5, 5.41) is 0. The van der Waals surface area contributed by atoms with Gasteiger partial charge < -0.3 is 0 Å². The molecule has 1 rings (SSSR count). The van der Waals surface area contributed by atoms with Gasteiger partial charge in [0.1, 0.15) is 0 Å². The number of hydrogen-bond donors (Lipinski definition) is 1. The van der Waals surface area contributed by atoms with Crippen molar-refractivity contribution in [3.05, 3.63) is 0 Å². The minimum Gasteiger partial charge on any atom is -0.229 e. The Balaban J connectivity index is 2.46. The topological polar surface area (TPSA) is 80.3 Å². The van der Waals surface area contributed by atoms with E-state index in [9.17, 15) is 16.8 Å². The Hall–Kier alpha value is -0.140. The van der Waals surface area contributed by atoms with E-state index in [1.165, 1.54) is 0 Å². The lowest BCUT2D eigenvalue weighted by Gasteiger charge is -2.25. The fraction of sp³-hybridized carbons (Fsp3) is 1.00. The number of hydrogen-bond acceptors (Lipinski definition) is 4. The second kappa shape index (κ2) is 3.79. The van der Waals surface area contributed by atoms with Crippen molar-refractivity contribution in [2.24, 2.45) is 5.92 Å². The third-order valence-electron chi connectivity index (χ3n) is 1.85. The Morgan fingerprint density at radius 1 is 1.36 bits per heavy atom. The molecule has 0 aromatic rings. The van der Waals surface area contributed by atoms with Crippen LogP contribution in [0.3, 0.4) is 0 Å². The smallest absolute Gasteiger partial charge is 0.212 e. The number of sulfonamides is 1. The fourth-order valence-electron chi connectivity index (χ4n) is 1.48. The van der Waals surface area contributed by atoms with Crippen LogP contribution in [0.25, 0.3) is 0 Å². The molecule has 0 radical (unpaired) electrons. The van der Waals surface area contributed by atoms with Crippen LogP contribution in [0.1, 0.15) is 13.8 Å². The Kier molecular flexibility index (Phi) is 3.23. The van der Waals surface area contributed by atoms with E-state index in [1.54, 1.807) is 13.8 Å². The van der Waals surface area contributed by atoms with E-state index in [4.69, 9.17) is 0 Å². The van der Waals surface area contributed by atoms with Gasteiger partial charge in [-0.1, -0.05) is 0 Å². The molecule has 0 saturated carbocycles. The zero-order valence-corrected chi connectivity index (χ0v) is 9.86. The molecular formula is C7H15NO4S2. The van der Waals surface area contributed by atoms with Gasteiger partial charge in [-0.3, -0.25) is 0 Å². The standard InChI is InChI=1S/C7H15NO4S2/c1-6(2)8-14(11,12)5-7-3-13(9,10)4-7/h6-8H,3-5H2,1-2H3. The lowest BCUT2D eigenvalue weighted by Crippen LogP contribution is -2.44.